The Kier molecular flexibility index (Phi) is 4.71. The molecule has 0 saturated carbocycles. The van der Waals surface area contributed by atoms with E-state index in [9.17, 15) is 0 Å². The maximum atomic E-state index is 6.10. The predicted octanol–water partition coefficient (Wildman–Crippen LogP) is 2.66. The minimum absolute atomic E-state index is 0.297. The van der Waals surface area contributed by atoms with Crippen LogP contribution in [0.4, 0.5) is 17.3 Å². The highest BCUT2D eigenvalue weighted by Crippen LogP contribution is 2.32. The third kappa shape index (κ3) is 3.42. The van der Waals surface area contributed by atoms with E-state index in [1.807, 2.05) is 18.2 Å². The molecular formula is C16H20ClN5O. The van der Waals surface area contributed by atoms with Gasteiger partial charge in [0, 0.05) is 19.6 Å². The van der Waals surface area contributed by atoms with Gasteiger partial charge in [0.25, 0.3) is 0 Å². The number of hydrogen-bond donors (Lipinski definition) is 2. The number of ether oxygens (including phenoxy) is 1. The Morgan fingerprint density at radius 3 is 3.04 bits per heavy atom. The number of rotatable bonds is 5. The van der Waals surface area contributed by atoms with Crippen molar-refractivity contribution in [2.45, 2.75) is 6.42 Å². The number of methoxy groups -OCH3 is 1. The number of benzene rings is 1. The molecule has 6 nitrogen and oxygen atoms in total. The summed E-state index contributed by atoms with van der Waals surface area (Å²) in [7, 11) is 1.70. The molecule has 3 rings (SSSR count). The van der Waals surface area contributed by atoms with E-state index < -0.39 is 0 Å². The van der Waals surface area contributed by atoms with Gasteiger partial charge in [0.05, 0.1) is 12.8 Å². The summed E-state index contributed by atoms with van der Waals surface area (Å²) in [4.78, 5) is 10.3. The van der Waals surface area contributed by atoms with Crippen molar-refractivity contribution in [2.75, 3.05) is 42.7 Å². The Morgan fingerprint density at radius 2 is 2.22 bits per heavy atom. The maximum Gasteiger partial charge on any atom is 0.150 e. The lowest BCUT2D eigenvalue weighted by Crippen LogP contribution is -2.23. The molecule has 3 N–H and O–H groups in total. The van der Waals surface area contributed by atoms with Crippen molar-refractivity contribution in [1.29, 1.82) is 0 Å². The van der Waals surface area contributed by atoms with Crippen LogP contribution in [0.2, 0.25) is 5.02 Å². The average Bonchev–Trinajstić information content (AvgIpc) is 3.05. The number of nitrogens with zero attached hydrogens (tertiary/aromatic N) is 3. The van der Waals surface area contributed by atoms with Crippen LogP contribution in [-0.4, -0.2) is 36.7 Å². The first-order chi connectivity index (χ1) is 11.2. The van der Waals surface area contributed by atoms with Crippen LogP contribution >= 0.6 is 11.6 Å². The van der Waals surface area contributed by atoms with E-state index in [1.54, 1.807) is 7.11 Å². The monoisotopic (exact) mass is 333 g/mol. The molecule has 23 heavy (non-hydrogen) atoms. The predicted molar refractivity (Wildman–Crippen MR) is 93.3 cm³/mol. The third-order valence-corrected chi connectivity index (χ3v) is 4.46. The number of nitrogens with two attached hydrogens (primary N) is 1. The lowest BCUT2D eigenvalue weighted by atomic mass is 10.1. The highest BCUT2D eigenvalue weighted by atomic mass is 35.5. The van der Waals surface area contributed by atoms with Gasteiger partial charge in [-0.1, -0.05) is 23.7 Å². The van der Waals surface area contributed by atoms with E-state index in [4.69, 9.17) is 22.1 Å². The van der Waals surface area contributed by atoms with Crippen LogP contribution < -0.4 is 20.7 Å². The summed E-state index contributed by atoms with van der Waals surface area (Å²) in [5, 5.41) is 3.66. The van der Waals surface area contributed by atoms with Crippen LogP contribution in [0.5, 0.6) is 5.75 Å². The first kappa shape index (κ1) is 15.7. The zero-order valence-corrected chi connectivity index (χ0v) is 13.8. The van der Waals surface area contributed by atoms with Crippen molar-refractivity contribution in [3.8, 4) is 5.75 Å². The SMILES string of the molecule is COc1ccccc1N1CCC(CNc2ncnc(N)c2Cl)C1. The fourth-order valence-electron chi connectivity index (χ4n) is 2.86. The van der Waals surface area contributed by atoms with Crippen molar-refractivity contribution in [2.24, 2.45) is 5.92 Å². The Labute approximate surface area is 140 Å². The number of para-hydroxylation sites is 2. The van der Waals surface area contributed by atoms with Gasteiger partial charge in [0.1, 0.15) is 28.7 Å². The highest BCUT2D eigenvalue weighted by Gasteiger charge is 2.24. The fourth-order valence-corrected chi connectivity index (χ4v) is 3.02. The van der Waals surface area contributed by atoms with E-state index in [0.29, 0.717) is 22.6 Å². The summed E-state index contributed by atoms with van der Waals surface area (Å²) >= 11 is 6.10. The molecule has 1 aromatic heterocycles. The lowest BCUT2D eigenvalue weighted by Gasteiger charge is -2.21. The largest absolute Gasteiger partial charge is 0.495 e. The number of anilines is 3. The molecule has 1 atom stereocenters. The first-order valence-electron chi connectivity index (χ1n) is 7.57. The second-order valence-corrected chi connectivity index (χ2v) is 5.95. The summed E-state index contributed by atoms with van der Waals surface area (Å²) in [6.45, 7) is 2.76. The third-order valence-electron chi connectivity index (χ3n) is 4.09. The van der Waals surface area contributed by atoms with Gasteiger partial charge >= 0.3 is 0 Å². The van der Waals surface area contributed by atoms with Gasteiger partial charge < -0.3 is 20.7 Å². The number of hydrogen-bond acceptors (Lipinski definition) is 6. The van der Waals surface area contributed by atoms with E-state index in [1.165, 1.54) is 6.33 Å². The molecule has 1 fully saturated rings. The molecule has 122 valence electrons. The molecule has 0 bridgehead atoms. The van der Waals surface area contributed by atoms with E-state index >= 15 is 0 Å². The fraction of sp³-hybridized carbons (Fsp3) is 0.375. The zero-order chi connectivity index (χ0) is 16.2. The van der Waals surface area contributed by atoms with Crippen molar-refractivity contribution >= 4 is 28.9 Å². The topological polar surface area (TPSA) is 76.3 Å². The molecule has 0 aliphatic carbocycles. The van der Waals surface area contributed by atoms with Crippen LogP contribution in [0.3, 0.4) is 0 Å². The number of aromatic nitrogens is 2. The zero-order valence-electron chi connectivity index (χ0n) is 13.0. The summed E-state index contributed by atoms with van der Waals surface area (Å²) in [5.41, 5.74) is 6.83. The Morgan fingerprint density at radius 1 is 1.39 bits per heavy atom. The standard InChI is InChI=1S/C16H20ClN5O/c1-23-13-5-3-2-4-12(13)22-7-6-11(9-22)8-19-16-14(17)15(18)20-10-21-16/h2-5,10-11H,6-9H2,1H3,(H3,18,19,20,21). The van der Waals surface area contributed by atoms with Gasteiger partial charge in [0.15, 0.2) is 0 Å². The molecule has 2 heterocycles. The molecular weight excluding hydrogens is 314 g/mol. The molecule has 2 aromatic rings. The lowest BCUT2D eigenvalue weighted by molar-refractivity contribution is 0.414. The van der Waals surface area contributed by atoms with Gasteiger partial charge in [-0.2, -0.15) is 0 Å². The van der Waals surface area contributed by atoms with Gasteiger partial charge in [-0.15, -0.1) is 0 Å². The van der Waals surface area contributed by atoms with Crippen molar-refractivity contribution in [3.05, 3.63) is 35.6 Å². The molecule has 1 unspecified atom stereocenters. The quantitative estimate of drug-likeness (QED) is 0.876. The average molecular weight is 334 g/mol. The van der Waals surface area contributed by atoms with Gasteiger partial charge in [-0.3, -0.25) is 0 Å². The van der Waals surface area contributed by atoms with Crippen molar-refractivity contribution < 1.29 is 4.74 Å². The number of halogens is 1. The van der Waals surface area contributed by atoms with Gasteiger partial charge in [0.2, 0.25) is 0 Å². The molecule has 0 amide bonds. The minimum atomic E-state index is 0.297. The Balaban J connectivity index is 1.61. The van der Waals surface area contributed by atoms with E-state index in [2.05, 4.69) is 26.3 Å². The molecule has 0 radical (unpaired) electrons. The Bertz CT molecular complexity index is 681. The first-order valence-corrected chi connectivity index (χ1v) is 7.94. The summed E-state index contributed by atoms with van der Waals surface area (Å²) in [5.74, 6) is 2.31. The molecule has 7 heteroatoms. The van der Waals surface area contributed by atoms with Crippen LogP contribution in [0.15, 0.2) is 30.6 Å². The molecule has 1 aliphatic heterocycles. The van der Waals surface area contributed by atoms with Gasteiger partial charge in [-0.05, 0) is 24.5 Å². The number of nitrogens with one attached hydrogen (secondary N) is 1. The van der Waals surface area contributed by atoms with Crippen LogP contribution in [0.1, 0.15) is 6.42 Å². The van der Waals surface area contributed by atoms with Crippen LogP contribution in [0.25, 0.3) is 0 Å². The molecule has 1 aliphatic rings. The van der Waals surface area contributed by atoms with E-state index in [-0.39, 0.29) is 0 Å². The Hall–Kier alpha value is -2.21. The van der Waals surface area contributed by atoms with Gasteiger partial charge in [-0.25, -0.2) is 9.97 Å². The van der Waals surface area contributed by atoms with Crippen molar-refractivity contribution in [3.63, 3.8) is 0 Å². The van der Waals surface area contributed by atoms with Crippen LogP contribution in [0, 0.1) is 5.92 Å². The molecule has 0 spiro atoms. The smallest absolute Gasteiger partial charge is 0.150 e. The minimum Gasteiger partial charge on any atom is -0.495 e. The summed E-state index contributed by atoms with van der Waals surface area (Å²) in [6, 6.07) is 8.10. The highest BCUT2D eigenvalue weighted by molar-refractivity contribution is 6.35. The number of nitrogen functional groups attached to an aromatic ring is 1. The second kappa shape index (κ2) is 6.91. The molecule has 1 aromatic carbocycles. The maximum absolute atomic E-state index is 6.10. The molecule has 1 saturated heterocycles. The summed E-state index contributed by atoms with van der Waals surface area (Å²) in [6.07, 6.45) is 2.52. The second-order valence-electron chi connectivity index (χ2n) is 5.57. The van der Waals surface area contributed by atoms with Crippen molar-refractivity contribution in [1.82, 2.24) is 9.97 Å². The summed E-state index contributed by atoms with van der Waals surface area (Å²) < 4.78 is 5.45. The normalized spacial score (nSPS) is 17.3. The van der Waals surface area contributed by atoms with Crippen LogP contribution in [-0.2, 0) is 0 Å². The van der Waals surface area contributed by atoms with E-state index in [0.717, 1.165) is 37.5 Å².